The Kier molecular flexibility index (Phi) is 5.49. The third kappa shape index (κ3) is 4.01. The Morgan fingerprint density at radius 3 is 3.05 bits per heavy atom. The summed E-state index contributed by atoms with van der Waals surface area (Å²) in [6.45, 7) is 6.51. The second-order valence-corrected chi connectivity index (χ2v) is 5.34. The van der Waals surface area contributed by atoms with Gasteiger partial charge in [-0.05, 0) is 47.2 Å². The van der Waals surface area contributed by atoms with Gasteiger partial charge in [0.15, 0.2) is 0 Å². The van der Waals surface area contributed by atoms with Crippen molar-refractivity contribution in [1.82, 2.24) is 25.5 Å². The largest absolute Gasteiger partial charge is 0.315 e. The molecule has 0 radical (unpaired) electrons. The molecule has 0 saturated heterocycles. The lowest BCUT2D eigenvalue weighted by Gasteiger charge is -2.06. The van der Waals surface area contributed by atoms with Crippen LogP contribution in [0.4, 0.5) is 4.39 Å². The number of benzene rings is 1. The molecule has 0 aliphatic rings. The molecule has 108 valence electrons. The van der Waals surface area contributed by atoms with Gasteiger partial charge in [-0.25, -0.2) is 9.07 Å². The molecule has 2 aromatic rings. The number of thioether (sulfide) groups is 1. The lowest BCUT2D eigenvalue weighted by Crippen LogP contribution is -2.20. The topological polar surface area (TPSA) is 55.6 Å². The molecule has 0 aliphatic heterocycles. The lowest BCUT2D eigenvalue weighted by atomic mass is 10.1. The maximum atomic E-state index is 13.2. The smallest absolute Gasteiger partial charge is 0.209 e. The highest BCUT2D eigenvalue weighted by Gasteiger charge is 2.08. The molecule has 1 N–H and O–H groups in total. The van der Waals surface area contributed by atoms with Crippen LogP contribution in [0.2, 0.25) is 0 Å². The molecule has 1 aromatic carbocycles. The summed E-state index contributed by atoms with van der Waals surface area (Å²) in [5, 5.41) is 15.6. The normalized spacial score (nSPS) is 10.9. The van der Waals surface area contributed by atoms with Crippen LogP contribution in [-0.2, 0) is 12.3 Å². The van der Waals surface area contributed by atoms with Gasteiger partial charge >= 0.3 is 0 Å². The number of halogens is 1. The predicted octanol–water partition coefficient (Wildman–Crippen LogP) is 2.02. The van der Waals surface area contributed by atoms with Gasteiger partial charge in [0.05, 0.1) is 6.54 Å². The van der Waals surface area contributed by atoms with Crippen molar-refractivity contribution >= 4 is 11.8 Å². The van der Waals surface area contributed by atoms with Crippen LogP contribution in [0.25, 0.3) is 0 Å². The zero-order valence-electron chi connectivity index (χ0n) is 11.6. The summed E-state index contributed by atoms with van der Waals surface area (Å²) in [4.78, 5) is 0. The average molecular weight is 295 g/mol. The van der Waals surface area contributed by atoms with E-state index in [0.717, 1.165) is 35.9 Å². The van der Waals surface area contributed by atoms with Gasteiger partial charge in [-0.2, -0.15) is 0 Å². The third-order valence-corrected chi connectivity index (χ3v) is 3.92. The molecular weight excluding hydrogens is 277 g/mol. The van der Waals surface area contributed by atoms with Crippen molar-refractivity contribution in [2.24, 2.45) is 0 Å². The van der Waals surface area contributed by atoms with Gasteiger partial charge < -0.3 is 5.32 Å². The molecule has 5 nitrogen and oxygen atoms in total. The van der Waals surface area contributed by atoms with Crippen molar-refractivity contribution in [3.63, 3.8) is 0 Å². The minimum absolute atomic E-state index is 0.210. The van der Waals surface area contributed by atoms with E-state index in [9.17, 15) is 4.39 Å². The first-order valence-electron chi connectivity index (χ1n) is 6.55. The predicted molar refractivity (Wildman–Crippen MR) is 77.1 cm³/mol. The molecule has 0 bridgehead atoms. The van der Waals surface area contributed by atoms with E-state index in [4.69, 9.17) is 0 Å². The second kappa shape index (κ2) is 7.35. The first-order chi connectivity index (χ1) is 9.70. The standard InChI is InChI=1S/C13H18FN5S/c1-3-15-6-7-19-13(16-17-18-19)20-9-11-8-12(14)5-4-10(11)2/h4-5,8,15H,3,6-7,9H2,1-2H3. The van der Waals surface area contributed by atoms with E-state index < -0.39 is 0 Å². The van der Waals surface area contributed by atoms with Crippen LogP contribution in [0.3, 0.4) is 0 Å². The second-order valence-electron chi connectivity index (χ2n) is 4.40. The highest BCUT2D eigenvalue weighted by Crippen LogP contribution is 2.22. The summed E-state index contributed by atoms with van der Waals surface area (Å²) in [7, 11) is 0. The Balaban J connectivity index is 1.97. The monoisotopic (exact) mass is 295 g/mol. The molecule has 0 atom stereocenters. The minimum atomic E-state index is -0.210. The summed E-state index contributed by atoms with van der Waals surface area (Å²) in [6, 6.07) is 4.83. The van der Waals surface area contributed by atoms with Gasteiger partial charge in [-0.1, -0.05) is 24.8 Å². The van der Waals surface area contributed by atoms with Crippen LogP contribution in [0, 0.1) is 12.7 Å². The van der Waals surface area contributed by atoms with E-state index in [-0.39, 0.29) is 5.82 Å². The molecule has 0 fully saturated rings. The SMILES string of the molecule is CCNCCn1nnnc1SCc1cc(F)ccc1C. The maximum absolute atomic E-state index is 13.2. The van der Waals surface area contributed by atoms with Crippen LogP contribution in [0.5, 0.6) is 0 Å². The summed E-state index contributed by atoms with van der Waals surface area (Å²) >= 11 is 1.52. The quantitative estimate of drug-likeness (QED) is 0.625. The minimum Gasteiger partial charge on any atom is -0.315 e. The highest BCUT2D eigenvalue weighted by atomic mass is 32.2. The molecule has 2 rings (SSSR count). The fourth-order valence-corrected chi connectivity index (χ4v) is 2.71. The van der Waals surface area contributed by atoms with Crippen LogP contribution in [0.1, 0.15) is 18.1 Å². The van der Waals surface area contributed by atoms with Crippen molar-refractivity contribution in [3.05, 3.63) is 35.1 Å². The number of nitrogens with zero attached hydrogens (tertiary/aromatic N) is 4. The Morgan fingerprint density at radius 1 is 1.40 bits per heavy atom. The number of rotatable bonds is 7. The average Bonchev–Trinajstić information content (AvgIpc) is 2.88. The molecule has 0 amide bonds. The third-order valence-electron chi connectivity index (χ3n) is 2.92. The van der Waals surface area contributed by atoms with Gasteiger partial charge in [0.25, 0.3) is 0 Å². The van der Waals surface area contributed by atoms with E-state index in [0.29, 0.717) is 5.75 Å². The van der Waals surface area contributed by atoms with Crippen LogP contribution >= 0.6 is 11.8 Å². The Labute approximate surface area is 122 Å². The van der Waals surface area contributed by atoms with E-state index in [2.05, 4.69) is 27.8 Å². The molecule has 0 saturated carbocycles. The molecule has 0 unspecified atom stereocenters. The molecular formula is C13H18FN5S. The number of likely N-dealkylation sites (N-methyl/N-ethyl adjacent to an activating group) is 1. The van der Waals surface area contributed by atoms with Crippen molar-refractivity contribution in [3.8, 4) is 0 Å². The van der Waals surface area contributed by atoms with E-state index in [1.165, 1.54) is 17.8 Å². The highest BCUT2D eigenvalue weighted by molar-refractivity contribution is 7.98. The zero-order valence-corrected chi connectivity index (χ0v) is 12.5. The van der Waals surface area contributed by atoms with Gasteiger partial charge in [0.1, 0.15) is 5.82 Å². The van der Waals surface area contributed by atoms with Gasteiger partial charge in [-0.15, -0.1) is 5.10 Å². The van der Waals surface area contributed by atoms with E-state index in [1.54, 1.807) is 16.8 Å². The molecule has 1 heterocycles. The number of hydrogen-bond donors (Lipinski definition) is 1. The van der Waals surface area contributed by atoms with E-state index >= 15 is 0 Å². The number of tetrazole rings is 1. The number of hydrogen-bond acceptors (Lipinski definition) is 5. The van der Waals surface area contributed by atoms with Gasteiger partial charge in [0.2, 0.25) is 5.16 Å². The van der Waals surface area contributed by atoms with Crippen molar-refractivity contribution in [2.75, 3.05) is 13.1 Å². The first kappa shape index (κ1) is 14.9. The summed E-state index contributed by atoms with van der Waals surface area (Å²) in [5.41, 5.74) is 2.04. The Morgan fingerprint density at radius 2 is 2.25 bits per heavy atom. The number of nitrogens with one attached hydrogen (secondary N) is 1. The van der Waals surface area contributed by atoms with Crippen LogP contribution in [-0.4, -0.2) is 33.3 Å². The fraction of sp³-hybridized carbons (Fsp3) is 0.462. The maximum Gasteiger partial charge on any atom is 0.209 e. The Bertz CT molecular complexity index is 557. The number of aromatic nitrogens is 4. The molecule has 0 aliphatic carbocycles. The van der Waals surface area contributed by atoms with Crippen molar-refractivity contribution in [2.45, 2.75) is 31.3 Å². The molecule has 1 aromatic heterocycles. The first-order valence-corrected chi connectivity index (χ1v) is 7.54. The van der Waals surface area contributed by atoms with Crippen molar-refractivity contribution < 1.29 is 4.39 Å². The fourth-order valence-electron chi connectivity index (χ4n) is 1.74. The lowest BCUT2D eigenvalue weighted by molar-refractivity contribution is 0.517. The van der Waals surface area contributed by atoms with E-state index in [1.807, 2.05) is 6.92 Å². The summed E-state index contributed by atoms with van der Waals surface area (Å²) in [5.74, 6) is 0.448. The number of aryl methyl sites for hydroxylation is 1. The van der Waals surface area contributed by atoms with Crippen LogP contribution in [0.15, 0.2) is 23.4 Å². The van der Waals surface area contributed by atoms with Gasteiger partial charge in [-0.3, -0.25) is 0 Å². The Hall–Kier alpha value is -1.47. The summed E-state index contributed by atoms with van der Waals surface area (Å²) in [6.07, 6.45) is 0. The molecule has 7 heteroatoms. The van der Waals surface area contributed by atoms with Crippen LogP contribution < -0.4 is 5.32 Å². The van der Waals surface area contributed by atoms with Gasteiger partial charge in [0, 0.05) is 12.3 Å². The summed E-state index contributed by atoms with van der Waals surface area (Å²) < 4.78 is 15.0. The zero-order chi connectivity index (χ0) is 14.4. The van der Waals surface area contributed by atoms with Crippen molar-refractivity contribution in [1.29, 1.82) is 0 Å². The molecule has 0 spiro atoms. The molecule has 20 heavy (non-hydrogen) atoms.